The molecule has 118 valence electrons. The van der Waals surface area contributed by atoms with Gasteiger partial charge in [0.2, 0.25) is 5.52 Å². The lowest BCUT2D eigenvalue weighted by Gasteiger charge is -2.07. The summed E-state index contributed by atoms with van der Waals surface area (Å²) in [6.45, 7) is 0. The Morgan fingerprint density at radius 3 is 2.62 bits per heavy atom. The monoisotopic (exact) mass is 338 g/mol. The van der Waals surface area contributed by atoms with Gasteiger partial charge in [-0.1, -0.05) is 30.3 Å². The van der Waals surface area contributed by atoms with Gasteiger partial charge in [0.1, 0.15) is 11.3 Å². The molecule has 3 aromatic carbocycles. The number of aromatic nitrogens is 2. The zero-order valence-electron chi connectivity index (χ0n) is 12.3. The predicted octanol–water partition coefficient (Wildman–Crippen LogP) is 3.61. The summed E-state index contributed by atoms with van der Waals surface area (Å²) in [7, 11) is 0. The molecule has 0 unspecified atom stereocenters. The molecule has 24 heavy (non-hydrogen) atoms. The highest BCUT2D eigenvalue weighted by molar-refractivity contribution is 7.99. The SMILES string of the molecule is O=c1[nH]c2ccc(F)cc2[n+]([O-])c1Sc1ccc2ccccc2c1. The first kappa shape index (κ1) is 14.7. The number of hydrogen-bond acceptors (Lipinski definition) is 3. The minimum atomic E-state index is -0.527. The van der Waals surface area contributed by atoms with Crippen molar-refractivity contribution in [1.82, 2.24) is 4.98 Å². The lowest BCUT2D eigenvalue weighted by Crippen LogP contribution is -2.37. The first-order valence-electron chi connectivity index (χ1n) is 7.23. The highest BCUT2D eigenvalue weighted by Gasteiger charge is 2.18. The van der Waals surface area contributed by atoms with E-state index in [2.05, 4.69) is 4.98 Å². The van der Waals surface area contributed by atoms with Crippen LogP contribution in [0, 0.1) is 11.0 Å². The number of benzene rings is 3. The third kappa shape index (κ3) is 2.51. The third-order valence-electron chi connectivity index (χ3n) is 3.74. The molecule has 1 aromatic heterocycles. The molecular formula is C18H11FN2O2S. The Hall–Kier alpha value is -2.86. The molecule has 0 fully saturated rings. The molecule has 0 aliphatic heterocycles. The highest BCUT2D eigenvalue weighted by atomic mass is 32.2. The van der Waals surface area contributed by atoms with Crippen LogP contribution in [0.15, 0.2) is 75.4 Å². The van der Waals surface area contributed by atoms with Crippen molar-refractivity contribution in [2.45, 2.75) is 9.92 Å². The Morgan fingerprint density at radius 2 is 1.79 bits per heavy atom. The number of nitrogens with one attached hydrogen (secondary N) is 1. The van der Waals surface area contributed by atoms with Crippen molar-refractivity contribution in [3.8, 4) is 0 Å². The maximum absolute atomic E-state index is 13.4. The normalized spacial score (nSPS) is 11.2. The first-order valence-corrected chi connectivity index (χ1v) is 8.05. The second-order valence-electron chi connectivity index (χ2n) is 5.33. The van der Waals surface area contributed by atoms with Gasteiger partial charge in [-0.3, -0.25) is 4.79 Å². The summed E-state index contributed by atoms with van der Waals surface area (Å²) in [5, 5.41) is 14.5. The molecular weight excluding hydrogens is 327 g/mol. The molecule has 0 aliphatic rings. The number of aromatic amines is 1. The molecule has 4 nitrogen and oxygen atoms in total. The number of fused-ring (bicyclic) bond motifs is 2. The number of hydrogen-bond donors (Lipinski definition) is 1. The van der Waals surface area contributed by atoms with E-state index in [1.165, 1.54) is 12.1 Å². The van der Waals surface area contributed by atoms with E-state index in [0.717, 1.165) is 33.5 Å². The average molecular weight is 338 g/mol. The molecule has 1 N–H and O–H groups in total. The number of nitrogens with zero attached hydrogens (tertiary/aromatic N) is 1. The van der Waals surface area contributed by atoms with E-state index >= 15 is 0 Å². The van der Waals surface area contributed by atoms with Crippen LogP contribution in [0.25, 0.3) is 21.8 Å². The van der Waals surface area contributed by atoms with Crippen LogP contribution in [-0.2, 0) is 0 Å². The predicted molar refractivity (Wildman–Crippen MR) is 91.6 cm³/mol. The van der Waals surface area contributed by atoms with Crippen LogP contribution in [0.1, 0.15) is 0 Å². The van der Waals surface area contributed by atoms with Crippen LogP contribution in [0.3, 0.4) is 0 Å². The average Bonchev–Trinajstić information content (AvgIpc) is 2.59. The van der Waals surface area contributed by atoms with Gasteiger partial charge in [0.05, 0.1) is 0 Å². The Bertz CT molecular complexity index is 1140. The minimum absolute atomic E-state index is 0.0385. The zero-order chi connectivity index (χ0) is 16.7. The fourth-order valence-corrected chi connectivity index (χ4v) is 3.46. The van der Waals surface area contributed by atoms with Gasteiger partial charge in [-0.2, -0.15) is 4.73 Å². The molecule has 0 saturated carbocycles. The van der Waals surface area contributed by atoms with Gasteiger partial charge < -0.3 is 10.2 Å². The van der Waals surface area contributed by atoms with Gasteiger partial charge in [-0.25, -0.2) is 4.39 Å². The van der Waals surface area contributed by atoms with Crippen molar-refractivity contribution >= 4 is 33.6 Å². The highest BCUT2D eigenvalue weighted by Crippen LogP contribution is 2.27. The van der Waals surface area contributed by atoms with E-state index in [9.17, 15) is 14.4 Å². The van der Waals surface area contributed by atoms with Gasteiger partial charge in [0, 0.05) is 11.0 Å². The number of halogens is 1. The molecule has 1 heterocycles. The van der Waals surface area contributed by atoms with Crippen LogP contribution in [0.5, 0.6) is 0 Å². The number of rotatable bonds is 2. The van der Waals surface area contributed by atoms with E-state index in [1.54, 1.807) is 0 Å². The molecule has 6 heteroatoms. The van der Waals surface area contributed by atoms with E-state index in [4.69, 9.17) is 0 Å². The lowest BCUT2D eigenvalue weighted by molar-refractivity contribution is -0.620. The van der Waals surface area contributed by atoms with Gasteiger partial charge in [-0.15, -0.1) is 0 Å². The Balaban J connectivity index is 1.84. The van der Waals surface area contributed by atoms with Crippen molar-refractivity contribution < 1.29 is 9.12 Å². The van der Waals surface area contributed by atoms with Crippen LogP contribution in [-0.4, -0.2) is 4.98 Å². The molecule has 0 atom stereocenters. The molecule has 4 rings (SSSR count). The van der Waals surface area contributed by atoms with E-state index in [-0.39, 0.29) is 10.5 Å². The van der Waals surface area contributed by atoms with Crippen LogP contribution >= 0.6 is 11.8 Å². The van der Waals surface area contributed by atoms with Crippen molar-refractivity contribution in [1.29, 1.82) is 0 Å². The third-order valence-corrected chi connectivity index (χ3v) is 4.78. The first-order chi connectivity index (χ1) is 11.6. The zero-order valence-corrected chi connectivity index (χ0v) is 13.1. The van der Waals surface area contributed by atoms with Crippen molar-refractivity contribution in [2.75, 3.05) is 0 Å². The molecule has 0 radical (unpaired) electrons. The molecule has 0 bridgehead atoms. The summed E-state index contributed by atoms with van der Waals surface area (Å²) in [5.74, 6) is -0.527. The Labute approximate surface area is 140 Å². The summed E-state index contributed by atoms with van der Waals surface area (Å²) in [4.78, 5) is 15.6. The second kappa shape index (κ2) is 5.65. The number of H-pyrrole nitrogens is 1. The summed E-state index contributed by atoms with van der Waals surface area (Å²) < 4.78 is 13.9. The Morgan fingerprint density at radius 1 is 1.00 bits per heavy atom. The van der Waals surface area contributed by atoms with Gasteiger partial charge >= 0.3 is 10.6 Å². The van der Waals surface area contributed by atoms with Crippen LogP contribution in [0.4, 0.5) is 4.39 Å². The molecule has 0 saturated heterocycles. The summed E-state index contributed by atoms with van der Waals surface area (Å²) >= 11 is 1.06. The minimum Gasteiger partial charge on any atom is -0.617 e. The topological polar surface area (TPSA) is 59.8 Å². The van der Waals surface area contributed by atoms with Crippen molar-refractivity contribution in [3.05, 3.63) is 82.0 Å². The maximum Gasteiger partial charge on any atom is 0.329 e. The summed E-state index contributed by atoms with van der Waals surface area (Å²) in [6, 6.07) is 17.2. The summed E-state index contributed by atoms with van der Waals surface area (Å²) in [6.07, 6.45) is 0. The fourth-order valence-electron chi connectivity index (χ4n) is 2.59. The summed E-state index contributed by atoms with van der Waals surface area (Å²) in [5.41, 5.74) is -0.0978. The molecule has 0 amide bonds. The van der Waals surface area contributed by atoms with Crippen molar-refractivity contribution in [3.63, 3.8) is 0 Å². The van der Waals surface area contributed by atoms with E-state index < -0.39 is 11.4 Å². The van der Waals surface area contributed by atoms with Crippen molar-refractivity contribution in [2.24, 2.45) is 0 Å². The van der Waals surface area contributed by atoms with E-state index in [1.807, 2.05) is 42.5 Å². The second-order valence-corrected chi connectivity index (χ2v) is 6.39. The lowest BCUT2D eigenvalue weighted by atomic mass is 10.1. The van der Waals surface area contributed by atoms with Crippen LogP contribution < -0.4 is 10.3 Å². The quantitative estimate of drug-likeness (QED) is 0.449. The maximum atomic E-state index is 13.4. The smallest absolute Gasteiger partial charge is 0.329 e. The van der Waals surface area contributed by atoms with Gasteiger partial charge in [0.25, 0.3) is 0 Å². The Kier molecular flexibility index (Phi) is 3.46. The molecule has 0 spiro atoms. The molecule has 4 aromatic rings. The molecule has 0 aliphatic carbocycles. The van der Waals surface area contributed by atoms with Gasteiger partial charge in [0.15, 0.2) is 0 Å². The van der Waals surface area contributed by atoms with Crippen LogP contribution in [0.2, 0.25) is 0 Å². The van der Waals surface area contributed by atoms with Gasteiger partial charge in [-0.05, 0) is 46.8 Å². The standard InChI is InChI=1S/C18H11FN2O2S/c19-13-6-8-15-16(10-13)21(23)18(17(22)20-15)24-14-7-5-11-3-1-2-4-12(11)9-14/h1-10H,(H,20,22). The largest absolute Gasteiger partial charge is 0.617 e. The fraction of sp³-hybridized carbons (Fsp3) is 0. The van der Waals surface area contributed by atoms with E-state index in [0.29, 0.717) is 10.2 Å².